The Morgan fingerprint density at radius 2 is 1.50 bits per heavy atom. The monoisotopic (exact) mass is 186 g/mol. The third-order valence-corrected chi connectivity index (χ3v) is 2.29. The number of hydrogen-bond donors (Lipinski definition) is 0. The molecule has 0 atom stereocenters. The van der Waals surface area contributed by atoms with Crippen molar-refractivity contribution < 1.29 is 9.59 Å². The summed E-state index contributed by atoms with van der Waals surface area (Å²) in [4.78, 5) is 22.6. The van der Waals surface area contributed by atoms with E-state index in [0.29, 0.717) is 18.4 Å². The highest BCUT2D eigenvalue weighted by Crippen LogP contribution is 2.19. The lowest BCUT2D eigenvalue weighted by atomic mass is 10.1. The van der Waals surface area contributed by atoms with Crippen molar-refractivity contribution in [2.24, 2.45) is 0 Å². The van der Waals surface area contributed by atoms with Crippen LogP contribution >= 0.6 is 0 Å². The Kier molecular flexibility index (Phi) is 2.27. The highest BCUT2D eigenvalue weighted by Gasteiger charge is 2.25. The molecule has 1 aromatic carbocycles. The second-order valence-corrected chi connectivity index (χ2v) is 3.32. The lowest BCUT2D eigenvalue weighted by Crippen LogP contribution is -1.98. The number of carbonyl (C=O) groups excluding carboxylic acids is 2. The normalized spacial score (nSPS) is 16.1. The average Bonchev–Trinajstić information content (AvgIpc) is 2.51. The van der Waals surface area contributed by atoms with Crippen LogP contribution in [0.2, 0.25) is 0 Å². The molecule has 0 aliphatic heterocycles. The van der Waals surface area contributed by atoms with E-state index >= 15 is 0 Å². The predicted molar refractivity (Wildman–Crippen MR) is 53.7 cm³/mol. The molecule has 0 N–H and O–H groups in total. The number of benzene rings is 1. The Balaban J connectivity index is 2.35. The molecule has 0 saturated heterocycles. The molecular weight excluding hydrogens is 176 g/mol. The third kappa shape index (κ3) is 1.64. The summed E-state index contributed by atoms with van der Waals surface area (Å²) in [5.41, 5.74) is 1.27. The van der Waals surface area contributed by atoms with Gasteiger partial charge >= 0.3 is 0 Å². The van der Waals surface area contributed by atoms with Crippen molar-refractivity contribution in [2.45, 2.75) is 12.8 Å². The van der Waals surface area contributed by atoms with Crippen molar-refractivity contribution >= 4 is 17.6 Å². The molecule has 0 bridgehead atoms. The van der Waals surface area contributed by atoms with E-state index in [1.54, 1.807) is 6.08 Å². The molecule has 2 nitrogen and oxygen atoms in total. The van der Waals surface area contributed by atoms with Gasteiger partial charge in [-0.15, -0.1) is 0 Å². The number of rotatable bonds is 1. The highest BCUT2D eigenvalue weighted by atomic mass is 16.2. The summed E-state index contributed by atoms with van der Waals surface area (Å²) in [7, 11) is 0. The van der Waals surface area contributed by atoms with Gasteiger partial charge in [-0.2, -0.15) is 0 Å². The third-order valence-electron chi connectivity index (χ3n) is 2.29. The molecule has 0 aromatic heterocycles. The van der Waals surface area contributed by atoms with Crippen LogP contribution < -0.4 is 0 Å². The Hall–Kier alpha value is -1.70. The zero-order valence-electron chi connectivity index (χ0n) is 7.69. The van der Waals surface area contributed by atoms with E-state index in [1.165, 1.54) is 0 Å². The first-order valence-corrected chi connectivity index (χ1v) is 4.60. The first-order valence-electron chi connectivity index (χ1n) is 4.60. The molecule has 1 saturated carbocycles. The summed E-state index contributed by atoms with van der Waals surface area (Å²) in [6.45, 7) is 0. The Labute approximate surface area is 82.2 Å². The molecule has 1 fully saturated rings. The molecule has 2 rings (SSSR count). The lowest BCUT2D eigenvalue weighted by Gasteiger charge is -1.94. The van der Waals surface area contributed by atoms with Gasteiger partial charge in [-0.3, -0.25) is 9.59 Å². The van der Waals surface area contributed by atoms with Gasteiger partial charge in [0.25, 0.3) is 0 Å². The minimum atomic E-state index is -0.0288. The first kappa shape index (κ1) is 8.88. The van der Waals surface area contributed by atoms with Crippen LogP contribution in [0, 0.1) is 0 Å². The Morgan fingerprint density at radius 3 is 2.07 bits per heavy atom. The molecule has 0 spiro atoms. The van der Waals surface area contributed by atoms with Gasteiger partial charge in [0, 0.05) is 12.8 Å². The standard InChI is InChI=1S/C12H10O2/c13-11-6-7-12(14)10(11)8-9-4-2-1-3-5-9/h1-5,8H,6-7H2. The number of hydrogen-bond acceptors (Lipinski definition) is 2. The summed E-state index contributed by atoms with van der Waals surface area (Å²) in [5.74, 6) is -0.0577. The zero-order valence-corrected chi connectivity index (χ0v) is 7.69. The smallest absolute Gasteiger partial charge is 0.166 e. The van der Waals surface area contributed by atoms with E-state index < -0.39 is 0 Å². The maximum Gasteiger partial charge on any atom is 0.166 e. The largest absolute Gasteiger partial charge is 0.294 e. The fraction of sp³-hybridized carbons (Fsp3) is 0.167. The van der Waals surface area contributed by atoms with Crippen LogP contribution in [0.15, 0.2) is 35.9 Å². The van der Waals surface area contributed by atoms with Crippen LogP contribution in [0.4, 0.5) is 0 Å². The van der Waals surface area contributed by atoms with Gasteiger partial charge in [0.2, 0.25) is 0 Å². The fourth-order valence-electron chi connectivity index (χ4n) is 1.53. The van der Waals surface area contributed by atoms with Crippen molar-refractivity contribution in [3.05, 3.63) is 41.5 Å². The van der Waals surface area contributed by atoms with Crippen molar-refractivity contribution in [1.29, 1.82) is 0 Å². The number of carbonyl (C=O) groups is 2. The van der Waals surface area contributed by atoms with Crippen LogP contribution in [0.25, 0.3) is 6.08 Å². The molecule has 0 radical (unpaired) electrons. The molecule has 1 aliphatic rings. The molecule has 1 aromatic rings. The van der Waals surface area contributed by atoms with Crippen LogP contribution in [0.1, 0.15) is 18.4 Å². The Morgan fingerprint density at radius 1 is 0.929 bits per heavy atom. The van der Waals surface area contributed by atoms with E-state index in [2.05, 4.69) is 0 Å². The number of Topliss-reactive ketones (excluding diaryl/α,β-unsaturated/α-hetero) is 2. The first-order chi connectivity index (χ1) is 6.77. The van der Waals surface area contributed by atoms with Gasteiger partial charge in [0.15, 0.2) is 11.6 Å². The van der Waals surface area contributed by atoms with E-state index in [0.717, 1.165) is 5.56 Å². The van der Waals surface area contributed by atoms with Gasteiger partial charge in [-0.1, -0.05) is 30.3 Å². The van der Waals surface area contributed by atoms with E-state index in [-0.39, 0.29) is 11.6 Å². The predicted octanol–water partition coefficient (Wildman–Crippen LogP) is 2.00. The molecule has 14 heavy (non-hydrogen) atoms. The topological polar surface area (TPSA) is 34.1 Å². The van der Waals surface area contributed by atoms with Crippen molar-refractivity contribution in [2.75, 3.05) is 0 Å². The number of ketones is 2. The Bertz CT molecular complexity index is 384. The fourth-order valence-corrected chi connectivity index (χ4v) is 1.53. The summed E-state index contributed by atoms with van der Waals surface area (Å²) in [5, 5.41) is 0. The van der Waals surface area contributed by atoms with Crippen LogP contribution in [0.5, 0.6) is 0 Å². The summed E-state index contributed by atoms with van der Waals surface area (Å²) in [6, 6.07) is 9.44. The van der Waals surface area contributed by atoms with Crippen LogP contribution in [-0.2, 0) is 9.59 Å². The van der Waals surface area contributed by atoms with Gasteiger partial charge in [0.1, 0.15) is 0 Å². The maximum atomic E-state index is 11.3. The summed E-state index contributed by atoms with van der Waals surface area (Å²) in [6.07, 6.45) is 2.42. The average molecular weight is 186 g/mol. The van der Waals surface area contributed by atoms with E-state index in [4.69, 9.17) is 0 Å². The molecule has 0 unspecified atom stereocenters. The van der Waals surface area contributed by atoms with Crippen LogP contribution in [-0.4, -0.2) is 11.6 Å². The van der Waals surface area contributed by atoms with Crippen molar-refractivity contribution in [1.82, 2.24) is 0 Å². The number of allylic oxidation sites excluding steroid dienone is 1. The van der Waals surface area contributed by atoms with Gasteiger partial charge in [0.05, 0.1) is 5.57 Å². The maximum absolute atomic E-state index is 11.3. The van der Waals surface area contributed by atoms with E-state index in [9.17, 15) is 9.59 Å². The molecule has 2 heteroatoms. The quantitative estimate of drug-likeness (QED) is 0.496. The minimum absolute atomic E-state index is 0.0288. The molecule has 0 heterocycles. The van der Waals surface area contributed by atoms with Gasteiger partial charge < -0.3 is 0 Å². The molecule has 70 valence electrons. The molecule has 1 aliphatic carbocycles. The van der Waals surface area contributed by atoms with E-state index in [1.807, 2.05) is 30.3 Å². The summed E-state index contributed by atoms with van der Waals surface area (Å²) >= 11 is 0. The zero-order chi connectivity index (χ0) is 9.97. The molecular formula is C12H10O2. The highest BCUT2D eigenvalue weighted by molar-refractivity contribution is 6.27. The SMILES string of the molecule is O=C1CCC(=O)C1=Cc1ccccc1. The second-order valence-electron chi connectivity index (χ2n) is 3.32. The second kappa shape index (κ2) is 3.58. The van der Waals surface area contributed by atoms with Crippen LogP contribution in [0.3, 0.4) is 0 Å². The van der Waals surface area contributed by atoms with Gasteiger partial charge in [-0.05, 0) is 11.6 Å². The summed E-state index contributed by atoms with van der Waals surface area (Å²) < 4.78 is 0. The van der Waals surface area contributed by atoms with Crippen molar-refractivity contribution in [3.63, 3.8) is 0 Å². The van der Waals surface area contributed by atoms with Gasteiger partial charge in [-0.25, -0.2) is 0 Å². The minimum Gasteiger partial charge on any atom is -0.294 e. The van der Waals surface area contributed by atoms with Crippen molar-refractivity contribution in [3.8, 4) is 0 Å². The lowest BCUT2D eigenvalue weighted by molar-refractivity contribution is -0.116. The molecule has 0 amide bonds.